The molecule has 0 spiro atoms. The minimum Gasteiger partial charge on any atom is -0.383 e. The number of aromatic nitrogens is 1. The first-order valence-electron chi connectivity index (χ1n) is 3.69. The van der Waals surface area contributed by atoms with Crippen LogP contribution in [0.15, 0.2) is 16.7 Å². The van der Waals surface area contributed by atoms with Crippen LogP contribution in [0.3, 0.4) is 0 Å². The molecule has 1 aliphatic rings. The maximum absolute atomic E-state index is 5.72. The number of nitrogens with two attached hydrogens (primary N) is 1. The summed E-state index contributed by atoms with van der Waals surface area (Å²) in [7, 11) is 0. The summed E-state index contributed by atoms with van der Waals surface area (Å²) in [5.41, 5.74) is 6.94. The fourth-order valence-corrected chi connectivity index (χ4v) is 1.52. The van der Waals surface area contributed by atoms with Gasteiger partial charge in [0.2, 0.25) is 0 Å². The highest BCUT2D eigenvalue weighted by molar-refractivity contribution is 9.10. The lowest BCUT2D eigenvalue weighted by Crippen LogP contribution is -1.95. The first-order valence-corrected chi connectivity index (χ1v) is 4.48. The van der Waals surface area contributed by atoms with E-state index in [4.69, 9.17) is 5.73 Å². The van der Waals surface area contributed by atoms with E-state index in [0.717, 1.165) is 4.60 Å². The molecule has 0 atom stereocenters. The third kappa shape index (κ3) is 1.38. The van der Waals surface area contributed by atoms with Gasteiger partial charge >= 0.3 is 0 Å². The third-order valence-electron chi connectivity index (χ3n) is 1.94. The molecule has 3 heteroatoms. The molecule has 0 amide bonds. The standard InChI is InChI=1S/C8H9BrN2/c9-7-4-3-6(5-1-2-5)8(10)11-7/h3-5H,1-2H2,(H2,10,11). The molecule has 1 aromatic rings. The van der Waals surface area contributed by atoms with Crippen LogP contribution in [0, 0.1) is 0 Å². The lowest BCUT2D eigenvalue weighted by Gasteiger charge is -2.01. The Kier molecular flexibility index (Phi) is 1.60. The Morgan fingerprint density at radius 3 is 2.73 bits per heavy atom. The van der Waals surface area contributed by atoms with E-state index in [0.29, 0.717) is 11.7 Å². The lowest BCUT2D eigenvalue weighted by molar-refractivity contribution is 1.09. The second-order valence-corrected chi connectivity index (χ2v) is 3.70. The molecular weight excluding hydrogens is 204 g/mol. The van der Waals surface area contributed by atoms with Crippen molar-refractivity contribution in [2.45, 2.75) is 18.8 Å². The summed E-state index contributed by atoms with van der Waals surface area (Å²) in [6, 6.07) is 4.01. The molecule has 11 heavy (non-hydrogen) atoms. The van der Waals surface area contributed by atoms with E-state index >= 15 is 0 Å². The number of halogens is 1. The molecule has 58 valence electrons. The van der Waals surface area contributed by atoms with Crippen LogP contribution in [0.5, 0.6) is 0 Å². The summed E-state index contributed by atoms with van der Waals surface area (Å²) < 4.78 is 0.819. The molecule has 1 aromatic heterocycles. The Morgan fingerprint density at radius 1 is 1.45 bits per heavy atom. The van der Waals surface area contributed by atoms with Crippen LogP contribution in [-0.2, 0) is 0 Å². The highest BCUT2D eigenvalue weighted by Gasteiger charge is 2.25. The predicted molar refractivity (Wildman–Crippen MR) is 48.3 cm³/mol. The molecule has 0 unspecified atom stereocenters. The van der Waals surface area contributed by atoms with Gasteiger partial charge in [-0.1, -0.05) is 6.07 Å². The Morgan fingerprint density at radius 2 is 2.18 bits per heavy atom. The monoisotopic (exact) mass is 212 g/mol. The van der Waals surface area contributed by atoms with Crippen molar-refractivity contribution < 1.29 is 0 Å². The van der Waals surface area contributed by atoms with E-state index in [9.17, 15) is 0 Å². The first kappa shape index (κ1) is 7.10. The zero-order valence-electron chi connectivity index (χ0n) is 6.05. The van der Waals surface area contributed by atoms with Gasteiger partial charge in [-0.15, -0.1) is 0 Å². The molecule has 1 saturated carbocycles. The molecule has 0 aromatic carbocycles. The van der Waals surface area contributed by atoms with Gasteiger partial charge in [-0.3, -0.25) is 0 Å². The third-order valence-corrected chi connectivity index (χ3v) is 2.38. The van der Waals surface area contributed by atoms with Gasteiger partial charge in [0.15, 0.2) is 0 Å². The summed E-state index contributed by atoms with van der Waals surface area (Å²) in [6.07, 6.45) is 2.54. The van der Waals surface area contributed by atoms with Crippen LogP contribution in [0.25, 0.3) is 0 Å². The van der Waals surface area contributed by atoms with Crippen LogP contribution in [0.4, 0.5) is 5.82 Å². The van der Waals surface area contributed by atoms with Gasteiger partial charge in [-0.05, 0) is 46.3 Å². The van der Waals surface area contributed by atoms with Gasteiger partial charge in [0, 0.05) is 0 Å². The van der Waals surface area contributed by atoms with Crippen molar-refractivity contribution in [2.24, 2.45) is 0 Å². The summed E-state index contributed by atoms with van der Waals surface area (Å²) in [4.78, 5) is 4.13. The highest BCUT2D eigenvalue weighted by atomic mass is 79.9. The molecule has 1 aliphatic carbocycles. The molecule has 2 rings (SSSR count). The van der Waals surface area contributed by atoms with Crippen LogP contribution in [0.1, 0.15) is 24.3 Å². The highest BCUT2D eigenvalue weighted by Crippen LogP contribution is 2.42. The Hall–Kier alpha value is -0.570. The van der Waals surface area contributed by atoms with Gasteiger partial charge in [0.25, 0.3) is 0 Å². The van der Waals surface area contributed by atoms with E-state index < -0.39 is 0 Å². The molecule has 1 fully saturated rings. The molecule has 2 N–H and O–H groups in total. The predicted octanol–water partition coefficient (Wildman–Crippen LogP) is 2.30. The lowest BCUT2D eigenvalue weighted by atomic mass is 10.2. The summed E-state index contributed by atoms with van der Waals surface area (Å²) in [5.74, 6) is 1.37. The van der Waals surface area contributed by atoms with Crippen molar-refractivity contribution in [3.63, 3.8) is 0 Å². The number of hydrogen-bond donors (Lipinski definition) is 1. The molecule has 1 heterocycles. The zero-order chi connectivity index (χ0) is 7.84. The molecule has 0 radical (unpaired) electrons. The van der Waals surface area contributed by atoms with Crippen LogP contribution >= 0.6 is 15.9 Å². The van der Waals surface area contributed by atoms with Gasteiger partial charge in [0.05, 0.1) is 0 Å². The topological polar surface area (TPSA) is 38.9 Å². The number of nitrogen functional groups attached to an aromatic ring is 1. The Labute approximate surface area is 73.9 Å². The van der Waals surface area contributed by atoms with Crippen LogP contribution in [-0.4, -0.2) is 4.98 Å². The minimum absolute atomic E-state index is 0.682. The van der Waals surface area contributed by atoms with Gasteiger partial charge in [0.1, 0.15) is 10.4 Å². The molecular formula is C8H9BrN2. The number of nitrogens with zero attached hydrogens (tertiary/aromatic N) is 1. The van der Waals surface area contributed by atoms with Crippen LogP contribution in [0.2, 0.25) is 0 Å². The van der Waals surface area contributed by atoms with Crippen molar-refractivity contribution in [2.75, 3.05) is 5.73 Å². The average molecular weight is 213 g/mol. The second-order valence-electron chi connectivity index (χ2n) is 2.88. The van der Waals surface area contributed by atoms with Crippen molar-refractivity contribution in [1.82, 2.24) is 4.98 Å². The van der Waals surface area contributed by atoms with Gasteiger partial charge < -0.3 is 5.73 Å². The molecule has 2 nitrogen and oxygen atoms in total. The van der Waals surface area contributed by atoms with E-state index in [1.807, 2.05) is 6.07 Å². The van der Waals surface area contributed by atoms with Gasteiger partial charge in [-0.2, -0.15) is 0 Å². The van der Waals surface area contributed by atoms with Crippen LogP contribution < -0.4 is 5.73 Å². The van der Waals surface area contributed by atoms with E-state index in [1.54, 1.807) is 0 Å². The van der Waals surface area contributed by atoms with E-state index in [2.05, 4.69) is 27.0 Å². The van der Waals surface area contributed by atoms with E-state index in [1.165, 1.54) is 18.4 Å². The second kappa shape index (κ2) is 2.48. The Balaban J connectivity index is 2.39. The SMILES string of the molecule is Nc1nc(Br)ccc1C1CC1. The minimum atomic E-state index is 0.682. The van der Waals surface area contributed by atoms with Crippen molar-refractivity contribution in [3.8, 4) is 0 Å². The molecule has 0 bridgehead atoms. The van der Waals surface area contributed by atoms with Crippen molar-refractivity contribution >= 4 is 21.7 Å². The summed E-state index contributed by atoms with van der Waals surface area (Å²) >= 11 is 3.27. The van der Waals surface area contributed by atoms with Crippen molar-refractivity contribution in [1.29, 1.82) is 0 Å². The number of rotatable bonds is 1. The fraction of sp³-hybridized carbons (Fsp3) is 0.375. The quantitative estimate of drug-likeness (QED) is 0.727. The molecule has 0 aliphatic heterocycles. The number of hydrogen-bond acceptors (Lipinski definition) is 2. The Bertz CT molecular complexity index is 281. The summed E-state index contributed by atoms with van der Waals surface area (Å²) in [6.45, 7) is 0. The average Bonchev–Trinajstić information content (AvgIpc) is 2.70. The van der Waals surface area contributed by atoms with Crippen molar-refractivity contribution in [3.05, 3.63) is 22.3 Å². The molecule has 0 saturated heterocycles. The number of anilines is 1. The maximum atomic E-state index is 5.72. The van der Waals surface area contributed by atoms with Gasteiger partial charge in [-0.25, -0.2) is 4.98 Å². The first-order chi connectivity index (χ1) is 5.27. The normalized spacial score (nSPS) is 16.8. The maximum Gasteiger partial charge on any atom is 0.128 e. The summed E-state index contributed by atoms with van der Waals surface area (Å²) in [5, 5.41) is 0. The zero-order valence-corrected chi connectivity index (χ0v) is 7.63. The smallest absolute Gasteiger partial charge is 0.128 e. The van der Waals surface area contributed by atoms with E-state index in [-0.39, 0.29) is 0 Å². The fourth-order valence-electron chi connectivity index (χ4n) is 1.20. The number of pyridine rings is 1. The largest absolute Gasteiger partial charge is 0.383 e.